The zero-order valence-electron chi connectivity index (χ0n) is 12.3. The van der Waals surface area contributed by atoms with Crippen molar-refractivity contribution in [2.45, 2.75) is 19.1 Å². The number of thiazole rings is 1. The van der Waals surface area contributed by atoms with Gasteiger partial charge in [-0.3, -0.25) is 4.79 Å². The van der Waals surface area contributed by atoms with E-state index in [1.807, 2.05) is 19.1 Å². The largest absolute Gasteiger partial charge is 0.459 e. The Bertz CT molecular complexity index is 643. The summed E-state index contributed by atoms with van der Waals surface area (Å²) >= 11 is 1.40. The van der Waals surface area contributed by atoms with E-state index in [4.69, 9.17) is 9.15 Å². The van der Waals surface area contributed by atoms with Crippen molar-refractivity contribution in [2.75, 3.05) is 20.2 Å². The van der Waals surface area contributed by atoms with Gasteiger partial charge in [-0.15, -0.1) is 23.7 Å². The van der Waals surface area contributed by atoms with E-state index in [0.717, 1.165) is 12.3 Å². The Balaban J connectivity index is 0.00000176. The monoisotopic (exact) mass is 343 g/mol. The molecule has 8 heteroatoms. The van der Waals surface area contributed by atoms with Gasteiger partial charge in [-0.05, 0) is 19.1 Å². The van der Waals surface area contributed by atoms with Crippen LogP contribution < -0.4 is 10.6 Å². The van der Waals surface area contributed by atoms with Crippen LogP contribution in [0.3, 0.4) is 0 Å². The quantitative estimate of drug-likeness (QED) is 0.886. The molecule has 0 radical (unpaired) electrons. The van der Waals surface area contributed by atoms with Crippen molar-refractivity contribution < 1.29 is 13.9 Å². The third-order valence-electron chi connectivity index (χ3n) is 3.47. The second-order valence-corrected chi connectivity index (χ2v) is 5.82. The highest BCUT2D eigenvalue weighted by Gasteiger charge is 2.29. The predicted octanol–water partition coefficient (Wildman–Crippen LogP) is 1.85. The summed E-state index contributed by atoms with van der Waals surface area (Å²) in [5.41, 5.74) is 0.408. The molecule has 0 spiro atoms. The number of ether oxygens (including phenoxy) is 1. The molecule has 1 fully saturated rings. The number of methoxy groups -OCH3 is 1. The molecule has 120 valence electrons. The summed E-state index contributed by atoms with van der Waals surface area (Å²) in [4.78, 5) is 16.6. The van der Waals surface area contributed by atoms with E-state index in [2.05, 4.69) is 15.6 Å². The predicted molar refractivity (Wildman–Crippen MR) is 86.7 cm³/mol. The number of nitrogens with one attached hydrogen (secondary N) is 2. The number of hydrogen-bond donors (Lipinski definition) is 2. The van der Waals surface area contributed by atoms with Crippen molar-refractivity contribution in [2.24, 2.45) is 0 Å². The zero-order chi connectivity index (χ0) is 14.8. The van der Waals surface area contributed by atoms with Gasteiger partial charge in [0.1, 0.15) is 11.5 Å². The molecule has 1 amide bonds. The smallest absolute Gasteiger partial charge is 0.271 e. The number of aryl methyl sites for hydroxylation is 1. The van der Waals surface area contributed by atoms with Gasteiger partial charge < -0.3 is 19.8 Å². The highest BCUT2D eigenvalue weighted by molar-refractivity contribution is 7.13. The van der Waals surface area contributed by atoms with Crippen molar-refractivity contribution in [1.82, 2.24) is 15.6 Å². The number of carbonyl (C=O) groups excluding carboxylic acids is 1. The van der Waals surface area contributed by atoms with Crippen molar-refractivity contribution in [3.05, 3.63) is 29.0 Å². The topological polar surface area (TPSA) is 76.4 Å². The molecule has 6 nitrogen and oxygen atoms in total. The van der Waals surface area contributed by atoms with E-state index in [1.54, 1.807) is 12.5 Å². The van der Waals surface area contributed by atoms with Gasteiger partial charge in [0, 0.05) is 25.6 Å². The molecular formula is C14H18ClN3O3S. The fraction of sp³-hybridized carbons (Fsp3) is 0.429. The minimum absolute atomic E-state index is 0. The summed E-state index contributed by atoms with van der Waals surface area (Å²) in [6.45, 7) is 3.33. The summed E-state index contributed by atoms with van der Waals surface area (Å²) in [5.74, 6) is 1.33. The van der Waals surface area contributed by atoms with Gasteiger partial charge in [-0.25, -0.2) is 4.98 Å². The first kappa shape index (κ1) is 17.0. The van der Waals surface area contributed by atoms with Crippen molar-refractivity contribution in [3.63, 3.8) is 0 Å². The van der Waals surface area contributed by atoms with E-state index in [0.29, 0.717) is 23.0 Å². The van der Waals surface area contributed by atoms with Crippen LogP contribution in [0.4, 0.5) is 0 Å². The molecule has 2 unspecified atom stereocenters. The Morgan fingerprint density at radius 3 is 3.00 bits per heavy atom. The minimum Gasteiger partial charge on any atom is -0.459 e. The van der Waals surface area contributed by atoms with Gasteiger partial charge in [0.25, 0.3) is 5.91 Å². The number of halogens is 1. The SMILES string of the molecule is COC1CNCC1NC(=O)c1csc(-c2ccc(C)o2)n1.Cl. The Hall–Kier alpha value is -1.41. The lowest BCUT2D eigenvalue weighted by Gasteiger charge is -2.17. The molecule has 2 aromatic heterocycles. The van der Waals surface area contributed by atoms with Crippen LogP contribution in [0.2, 0.25) is 0 Å². The molecule has 0 aromatic carbocycles. The highest BCUT2D eigenvalue weighted by Crippen LogP contribution is 2.25. The molecule has 0 bridgehead atoms. The molecule has 1 saturated heterocycles. The molecule has 22 heavy (non-hydrogen) atoms. The van der Waals surface area contributed by atoms with Crippen molar-refractivity contribution >= 4 is 29.7 Å². The second kappa shape index (κ2) is 7.23. The van der Waals surface area contributed by atoms with Gasteiger partial charge in [-0.1, -0.05) is 0 Å². The van der Waals surface area contributed by atoms with Gasteiger partial charge in [-0.2, -0.15) is 0 Å². The molecule has 1 aliphatic rings. The molecule has 3 heterocycles. The first-order chi connectivity index (χ1) is 10.2. The summed E-state index contributed by atoms with van der Waals surface area (Å²) in [7, 11) is 1.65. The van der Waals surface area contributed by atoms with Crippen LogP contribution in [0.1, 0.15) is 16.2 Å². The maximum Gasteiger partial charge on any atom is 0.271 e. The fourth-order valence-electron chi connectivity index (χ4n) is 2.33. The molecule has 0 saturated carbocycles. The van der Waals surface area contributed by atoms with Crippen LogP contribution in [0.25, 0.3) is 10.8 Å². The average molecular weight is 344 g/mol. The lowest BCUT2D eigenvalue weighted by atomic mass is 10.2. The van der Waals surface area contributed by atoms with Crippen LogP contribution in [0, 0.1) is 6.92 Å². The molecular weight excluding hydrogens is 326 g/mol. The standard InChI is InChI=1S/C14H17N3O3S.ClH/c1-8-3-4-11(20-8)14-17-10(7-21-14)13(18)16-9-5-15-6-12(9)19-2;/h3-4,7,9,12,15H,5-6H2,1-2H3,(H,16,18);1H. The third kappa shape index (κ3) is 3.49. The Labute approximate surface area is 138 Å². The van der Waals surface area contributed by atoms with Gasteiger partial charge in [0.15, 0.2) is 10.8 Å². The molecule has 2 N–H and O–H groups in total. The average Bonchev–Trinajstić information content (AvgIpc) is 3.17. The van der Waals surface area contributed by atoms with Crippen LogP contribution >= 0.6 is 23.7 Å². The van der Waals surface area contributed by atoms with Gasteiger partial charge in [0.2, 0.25) is 0 Å². The Kier molecular flexibility index (Phi) is 5.57. The maximum atomic E-state index is 12.2. The fourth-order valence-corrected chi connectivity index (χ4v) is 3.09. The van der Waals surface area contributed by atoms with E-state index in [9.17, 15) is 4.79 Å². The third-order valence-corrected chi connectivity index (χ3v) is 4.32. The van der Waals surface area contributed by atoms with Gasteiger partial charge >= 0.3 is 0 Å². The van der Waals surface area contributed by atoms with Crippen LogP contribution in [0.5, 0.6) is 0 Å². The van der Waals surface area contributed by atoms with Crippen LogP contribution in [0.15, 0.2) is 21.9 Å². The van der Waals surface area contributed by atoms with Crippen LogP contribution in [-0.2, 0) is 4.74 Å². The molecule has 2 aromatic rings. The first-order valence-corrected chi connectivity index (χ1v) is 7.62. The lowest BCUT2D eigenvalue weighted by Crippen LogP contribution is -2.43. The Morgan fingerprint density at radius 1 is 1.50 bits per heavy atom. The maximum absolute atomic E-state index is 12.2. The lowest BCUT2D eigenvalue weighted by molar-refractivity contribution is 0.0777. The number of aromatic nitrogens is 1. The van der Waals surface area contributed by atoms with E-state index in [-0.39, 0.29) is 30.5 Å². The number of hydrogen-bond acceptors (Lipinski definition) is 6. The van der Waals surface area contributed by atoms with E-state index < -0.39 is 0 Å². The summed E-state index contributed by atoms with van der Waals surface area (Å²) < 4.78 is 10.8. The number of rotatable bonds is 4. The summed E-state index contributed by atoms with van der Waals surface area (Å²) in [5, 5.41) is 8.60. The highest BCUT2D eigenvalue weighted by atomic mass is 35.5. The number of amides is 1. The molecule has 0 aliphatic carbocycles. The number of carbonyl (C=O) groups is 1. The first-order valence-electron chi connectivity index (χ1n) is 6.74. The molecule has 3 rings (SSSR count). The number of nitrogens with zero attached hydrogens (tertiary/aromatic N) is 1. The summed E-state index contributed by atoms with van der Waals surface area (Å²) in [6, 6.07) is 3.71. The van der Waals surface area contributed by atoms with E-state index >= 15 is 0 Å². The minimum atomic E-state index is -0.184. The molecule has 2 atom stereocenters. The number of furan rings is 1. The van der Waals surface area contributed by atoms with Crippen molar-refractivity contribution in [3.8, 4) is 10.8 Å². The van der Waals surface area contributed by atoms with Gasteiger partial charge in [0.05, 0.1) is 12.1 Å². The zero-order valence-corrected chi connectivity index (χ0v) is 13.9. The van der Waals surface area contributed by atoms with Crippen LogP contribution in [-0.4, -0.2) is 43.2 Å². The summed E-state index contributed by atoms with van der Waals surface area (Å²) in [6.07, 6.45) is -0.000204. The second-order valence-electron chi connectivity index (χ2n) is 4.96. The molecule has 1 aliphatic heterocycles. The van der Waals surface area contributed by atoms with E-state index in [1.165, 1.54) is 11.3 Å². The Morgan fingerprint density at radius 2 is 2.32 bits per heavy atom. The van der Waals surface area contributed by atoms with Crippen molar-refractivity contribution in [1.29, 1.82) is 0 Å². The normalized spacial score (nSPS) is 20.6.